The third kappa shape index (κ3) is 3.44. The zero-order valence-corrected chi connectivity index (χ0v) is 13.4. The van der Waals surface area contributed by atoms with E-state index in [1.54, 1.807) is 6.07 Å². The first-order valence-electron chi connectivity index (χ1n) is 7.06. The van der Waals surface area contributed by atoms with Gasteiger partial charge < -0.3 is 10.1 Å². The molecule has 3 rings (SSSR count). The van der Waals surface area contributed by atoms with Crippen LogP contribution in [0.4, 0.5) is 4.39 Å². The number of rotatable bonds is 5. The lowest BCUT2D eigenvalue weighted by Crippen LogP contribution is -2.19. The monoisotopic (exact) mass is 349 g/mol. The summed E-state index contributed by atoms with van der Waals surface area (Å²) in [6, 6.07) is 12.7. The van der Waals surface area contributed by atoms with Crippen LogP contribution in [0.15, 0.2) is 46.9 Å². The van der Waals surface area contributed by atoms with E-state index in [-0.39, 0.29) is 11.9 Å². The molecular formula is C17H17BrFNO. The lowest BCUT2D eigenvalue weighted by molar-refractivity contribution is 0.303. The number of hydrogen-bond donors (Lipinski definition) is 1. The van der Waals surface area contributed by atoms with Crippen LogP contribution >= 0.6 is 15.9 Å². The normalized spacial score (nSPS) is 15.8. The Morgan fingerprint density at radius 2 is 1.90 bits per heavy atom. The third-order valence-corrected chi connectivity index (χ3v) is 4.09. The van der Waals surface area contributed by atoms with E-state index < -0.39 is 0 Å². The molecule has 0 aliphatic heterocycles. The summed E-state index contributed by atoms with van der Waals surface area (Å²) < 4.78 is 20.7. The van der Waals surface area contributed by atoms with Gasteiger partial charge in [-0.15, -0.1) is 0 Å². The molecule has 2 nitrogen and oxygen atoms in total. The van der Waals surface area contributed by atoms with Gasteiger partial charge in [0.25, 0.3) is 0 Å². The van der Waals surface area contributed by atoms with Gasteiger partial charge in [-0.1, -0.05) is 28.1 Å². The number of nitrogens with one attached hydrogen (secondary N) is 1. The maximum absolute atomic E-state index is 14.1. The molecule has 0 aromatic heterocycles. The summed E-state index contributed by atoms with van der Waals surface area (Å²) in [6.07, 6.45) is 2.67. The van der Waals surface area contributed by atoms with E-state index in [9.17, 15) is 4.39 Å². The maximum atomic E-state index is 14.1. The Balaban J connectivity index is 1.86. The molecule has 0 radical (unpaired) electrons. The molecule has 1 N–H and O–H groups in total. The van der Waals surface area contributed by atoms with Gasteiger partial charge >= 0.3 is 0 Å². The van der Waals surface area contributed by atoms with Crippen LogP contribution in [0.3, 0.4) is 0 Å². The summed E-state index contributed by atoms with van der Waals surface area (Å²) in [5, 5.41) is 3.17. The number of ether oxygens (including phenoxy) is 1. The first kappa shape index (κ1) is 14.5. The Bertz CT molecular complexity index is 625. The van der Waals surface area contributed by atoms with Crippen LogP contribution in [0.5, 0.6) is 5.75 Å². The molecule has 0 saturated heterocycles. The largest absolute Gasteiger partial charge is 0.490 e. The van der Waals surface area contributed by atoms with Crippen LogP contribution in [0.1, 0.15) is 30.0 Å². The summed E-state index contributed by atoms with van der Waals surface area (Å²) in [4.78, 5) is 0. The van der Waals surface area contributed by atoms with Crippen LogP contribution in [0, 0.1) is 5.82 Å². The minimum Gasteiger partial charge on any atom is -0.490 e. The number of benzene rings is 2. The Morgan fingerprint density at radius 3 is 2.52 bits per heavy atom. The smallest absolute Gasteiger partial charge is 0.128 e. The molecule has 110 valence electrons. The van der Waals surface area contributed by atoms with Gasteiger partial charge in [-0.3, -0.25) is 0 Å². The van der Waals surface area contributed by atoms with E-state index in [0.29, 0.717) is 11.7 Å². The predicted octanol–water partition coefficient (Wildman–Crippen LogP) is 4.44. The fourth-order valence-corrected chi connectivity index (χ4v) is 2.73. The van der Waals surface area contributed by atoms with Crippen molar-refractivity contribution in [3.63, 3.8) is 0 Å². The standard InChI is InChI=1S/C17H17BrFNO/c1-20-17(15-10-12(18)4-9-16(15)19)11-2-5-13(6-3-11)21-14-7-8-14/h2-6,9-10,14,17,20H,7-8H2,1H3. The highest BCUT2D eigenvalue weighted by atomic mass is 79.9. The lowest BCUT2D eigenvalue weighted by atomic mass is 9.98. The van der Waals surface area contributed by atoms with Crippen molar-refractivity contribution >= 4 is 15.9 Å². The first-order valence-corrected chi connectivity index (χ1v) is 7.85. The van der Waals surface area contributed by atoms with E-state index in [4.69, 9.17) is 4.74 Å². The highest BCUT2D eigenvalue weighted by Gasteiger charge is 2.23. The van der Waals surface area contributed by atoms with Gasteiger partial charge in [0.15, 0.2) is 0 Å². The van der Waals surface area contributed by atoms with E-state index in [1.165, 1.54) is 6.07 Å². The lowest BCUT2D eigenvalue weighted by Gasteiger charge is -2.18. The van der Waals surface area contributed by atoms with Crippen LogP contribution in [0.25, 0.3) is 0 Å². The Labute approximate surface area is 132 Å². The maximum Gasteiger partial charge on any atom is 0.128 e. The summed E-state index contributed by atoms with van der Waals surface area (Å²) in [5.41, 5.74) is 1.64. The zero-order valence-electron chi connectivity index (χ0n) is 11.8. The first-order chi connectivity index (χ1) is 10.2. The van der Waals surface area contributed by atoms with Crippen molar-refractivity contribution < 1.29 is 9.13 Å². The quantitative estimate of drug-likeness (QED) is 0.861. The van der Waals surface area contributed by atoms with Gasteiger partial charge in [0.1, 0.15) is 11.6 Å². The predicted molar refractivity (Wildman–Crippen MR) is 85.1 cm³/mol. The Kier molecular flexibility index (Phi) is 4.27. The molecule has 2 aromatic carbocycles. The Morgan fingerprint density at radius 1 is 1.19 bits per heavy atom. The number of halogens is 2. The second kappa shape index (κ2) is 6.16. The van der Waals surface area contributed by atoms with E-state index in [0.717, 1.165) is 28.6 Å². The van der Waals surface area contributed by atoms with Gasteiger partial charge in [0, 0.05) is 10.0 Å². The molecule has 1 saturated carbocycles. The molecule has 1 unspecified atom stereocenters. The molecule has 0 spiro atoms. The van der Waals surface area contributed by atoms with Crippen LogP contribution in [-0.2, 0) is 0 Å². The molecule has 2 aromatic rings. The van der Waals surface area contributed by atoms with E-state index >= 15 is 0 Å². The molecule has 0 heterocycles. The molecule has 1 aliphatic rings. The van der Waals surface area contributed by atoms with Crippen molar-refractivity contribution in [1.82, 2.24) is 5.32 Å². The second-order valence-corrected chi connectivity index (χ2v) is 6.19. The average molecular weight is 350 g/mol. The van der Waals surface area contributed by atoms with Crippen molar-refractivity contribution in [2.45, 2.75) is 25.0 Å². The molecule has 1 fully saturated rings. The molecule has 0 bridgehead atoms. The Hall–Kier alpha value is -1.39. The average Bonchev–Trinajstić information content (AvgIpc) is 3.29. The van der Waals surface area contributed by atoms with E-state index in [1.807, 2.05) is 37.4 Å². The molecule has 4 heteroatoms. The molecule has 21 heavy (non-hydrogen) atoms. The summed E-state index contributed by atoms with van der Waals surface area (Å²) in [5.74, 6) is 0.668. The summed E-state index contributed by atoms with van der Waals surface area (Å²) in [6.45, 7) is 0. The van der Waals surface area contributed by atoms with Gasteiger partial charge in [0.2, 0.25) is 0 Å². The van der Waals surface area contributed by atoms with Crippen molar-refractivity contribution in [2.24, 2.45) is 0 Å². The van der Waals surface area contributed by atoms with Crippen LogP contribution < -0.4 is 10.1 Å². The van der Waals surface area contributed by atoms with Gasteiger partial charge in [0.05, 0.1) is 12.1 Å². The van der Waals surface area contributed by atoms with Crippen molar-refractivity contribution in [3.8, 4) is 5.75 Å². The summed E-state index contributed by atoms with van der Waals surface area (Å²) in [7, 11) is 1.83. The van der Waals surface area contributed by atoms with Crippen molar-refractivity contribution in [2.75, 3.05) is 7.05 Å². The second-order valence-electron chi connectivity index (χ2n) is 5.27. The van der Waals surface area contributed by atoms with Crippen molar-refractivity contribution in [3.05, 3.63) is 63.9 Å². The SMILES string of the molecule is CNC(c1ccc(OC2CC2)cc1)c1cc(Br)ccc1F. The molecule has 1 aliphatic carbocycles. The highest BCUT2D eigenvalue weighted by molar-refractivity contribution is 9.10. The minimum atomic E-state index is -0.212. The summed E-state index contributed by atoms with van der Waals surface area (Å²) >= 11 is 3.40. The molecular weight excluding hydrogens is 333 g/mol. The van der Waals surface area contributed by atoms with Crippen LogP contribution in [0.2, 0.25) is 0 Å². The third-order valence-electron chi connectivity index (χ3n) is 3.60. The zero-order chi connectivity index (χ0) is 14.8. The molecule has 0 amide bonds. The topological polar surface area (TPSA) is 21.3 Å². The van der Waals surface area contributed by atoms with Gasteiger partial charge in [-0.2, -0.15) is 0 Å². The van der Waals surface area contributed by atoms with E-state index in [2.05, 4.69) is 21.2 Å². The van der Waals surface area contributed by atoms with Gasteiger partial charge in [-0.05, 0) is 55.8 Å². The number of hydrogen-bond acceptors (Lipinski definition) is 2. The fourth-order valence-electron chi connectivity index (χ4n) is 2.35. The minimum absolute atomic E-state index is 0.183. The fraction of sp³-hybridized carbons (Fsp3) is 0.294. The van der Waals surface area contributed by atoms with Crippen LogP contribution in [-0.4, -0.2) is 13.2 Å². The highest BCUT2D eigenvalue weighted by Crippen LogP contribution is 2.30. The van der Waals surface area contributed by atoms with Gasteiger partial charge in [-0.25, -0.2) is 4.39 Å². The molecule has 1 atom stereocenters. The van der Waals surface area contributed by atoms with Crippen molar-refractivity contribution in [1.29, 1.82) is 0 Å².